The molecular formula is C14H20BrNO. The summed E-state index contributed by atoms with van der Waals surface area (Å²) in [6, 6.07) is 9.31. The third-order valence-corrected chi connectivity index (χ3v) is 4.39. The third kappa shape index (κ3) is 3.09. The minimum atomic E-state index is 0.243. The number of nitrogens with one attached hydrogen (secondary N) is 1. The molecule has 1 aromatic rings. The number of benzene rings is 1. The molecule has 0 bridgehead atoms. The van der Waals surface area contributed by atoms with E-state index in [9.17, 15) is 0 Å². The zero-order valence-electron chi connectivity index (χ0n) is 10.2. The van der Waals surface area contributed by atoms with Crippen LogP contribution in [0.4, 0.5) is 0 Å². The molecule has 1 fully saturated rings. The highest BCUT2D eigenvalue weighted by Crippen LogP contribution is 2.40. The average molecular weight is 298 g/mol. The summed E-state index contributed by atoms with van der Waals surface area (Å²) in [6.07, 6.45) is 3.35. The molecule has 2 rings (SSSR count). The zero-order chi connectivity index (χ0) is 12.3. The summed E-state index contributed by atoms with van der Waals surface area (Å²) in [5.41, 5.74) is 1.42. The van der Waals surface area contributed by atoms with Crippen LogP contribution in [0.5, 0.6) is 0 Å². The second-order valence-corrected chi connectivity index (χ2v) is 5.70. The van der Waals surface area contributed by atoms with Crippen molar-refractivity contribution in [1.82, 2.24) is 5.32 Å². The molecular weight excluding hydrogens is 278 g/mol. The van der Waals surface area contributed by atoms with Crippen molar-refractivity contribution in [1.29, 1.82) is 0 Å². The highest BCUT2D eigenvalue weighted by Gasteiger charge is 2.32. The molecule has 0 aliphatic heterocycles. The molecule has 1 saturated carbocycles. The van der Waals surface area contributed by atoms with Gasteiger partial charge in [-0.15, -0.1) is 0 Å². The maximum Gasteiger partial charge on any atom is 0.0584 e. The number of rotatable bonds is 5. The van der Waals surface area contributed by atoms with Crippen molar-refractivity contribution in [3.63, 3.8) is 0 Å². The molecule has 0 radical (unpaired) electrons. The second-order valence-electron chi connectivity index (χ2n) is 4.84. The largest absolute Gasteiger partial charge is 0.395 e. The van der Waals surface area contributed by atoms with E-state index in [0.29, 0.717) is 12.0 Å². The molecule has 0 saturated heterocycles. The highest BCUT2D eigenvalue weighted by molar-refractivity contribution is 9.10. The summed E-state index contributed by atoms with van der Waals surface area (Å²) in [5, 5.41) is 12.7. The summed E-state index contributed by atoms with van der Waals surface area (Å²) in [5.74, 6) is 0.666. The van der Waals surface area contributed by atoms with Crippen molar-refractivity contribution in [2.45, 2.75) is 44.2 Å². The minimum absolute atomic E-state index is 0.243. The van der Waals surface area contributed by atoms with E-state index in [4.69, 9.17) is 5.11 Å². The van der Waals surface area contributed by atoms with Crippen LogP contribution >= 0.6 is 15.9 Å². The quantitative estimate of drug-likeness (QED) is 0.875. The summed E-state index contributed by atoms with van der Waals surface area (Å²) in [6.45, 7) is 2.35. The first kappa shape index (κ1) is 13.1. The van der Waals surface area contributed by atoms with Gasteiger partial charge in [0.15, 0.2) is 0 Å². The summed E-state index contributed by atoms with van der Waals surface area (Å²) < 4.78 is 1.22. The Bertz CT molecular complexity index is 359. The van der Waals surface area contributed by atoms with E-state index in [-0.39, 0.29) is 12.6 Å². The predicted molar refractivity (Wildman–Crippen MR) is 74.2 cm³/mol. The first-order valence-corrected chi connectivity index (χ1v) is 7.15. The van der Waals surface area contributed by atoms with Crippen molar-refractivity contribution in [3.8, 4) is 0 Å². The molecule has 0 unspecified atom stereocenters. The van der Waals surface area contributed by atoms with Crippen molar-refractivity contribution >= 4 is 15.9 Å². The topological polar surface area (TPSA) is 32.3 Å². The molecule has 0 amide bonds. The van der Waals surface area contributed by atoms with Crippen LogP contribution in [-0.4, -0.2) is 23.8 Å². The van der Waals surface area contributed by atoms with E-state index < -0.39 is 0 Å². The van der Waals surface area contributed by atoms with Crippen LogP contribution in [0.2, 0.25) is 0 Å². The van der Waals surface area contributed by atoms with E-state index in [0.717, 1.165) is 6.42 Å². The van der Waals surface area contributed by atoms with Gasteiger partial charge in [-0.1, -0.05) is 41.1 Å². The van der Waals surface area contributed by atoms with Crippen LogP contribution in [0.3, 0.4) is 0 Å². The fourth-order valence-corrected chi connectivity index (χ4v) is 3.06. The van der Waals surface area contributed by atoms with Crippen LogP contribution in [0.1, 0.15) is 37.7 Å². The number of aliphatic hydroxyl groups excluding tert-OH is 1. The Hall–Kier alpha value is -0.380. The fourth-order valence-electron chi connectivity index (χ4n) is 2.45. The zero-order valence-corrected chi connectivity index (χ0v) is 11.8. The van der Waals surface area contributed by atoms with Gasteiger partial charge in [-0.3, -0.25) is 0 Å². The molecule has 2 N–H and O–H groups in total. The molecule has 2 nitrogen and oxygen atoms in total. The molecule has 1 aliphatic carbocycles. The Kier molecular flexibility index (Phi) is 4.60. The van der Waals surface area contributed by atoms with Gasteiger partial charge in [-0.05, 0) is 36.8 Å². The smallest absolute Gasteiger partial charge is 0.0584 e. The number of hydrogen-bond donors (Lipinski definition) is 2. The maximum absolute atomic E-state index is 9.15. The van der Waals surface area contributed by atoms with E-state index in [1.807, 2.05) is 0 Å². The van der Waals surface area contributed by atoms with Gasteiger partial charge < -0.3 is 10.4 Å². The lowest BCUT2D eigenvalue weighted by Gasteiger charge is -2.38. The van der Waals surface area contributed by atoms with Crippen LogP contribution < -0.4 is 5.32 Å². The molecule has 17 heavy (non-hydrogen) atoms. The third-order valence-electron chi connectivity index (χ3n) is 3.67. The van der Waals surface area contributed by atoms with Crippen molar-refractivity contribution in [3.05, 3.63) is 34.3 Å². The van der Waals surface area contributed by atoms with Gasteiger partial charge in [0.2, 0.25) is 0 Å². The predicted octanol–water partition coefficient (Wildman–Crippen LogP) is 3.06. The van der Waals surface area contributed by atoms with Crippen LogP contribution in [0, 0.1) is 0 Å². The van der Waals surface area contributed by atoms with Crippen LogP contribution in [-0.2, 0) is 0 Å². The second kappa shape index (κ2) is 5.98. The van der Waals surface area contributed by atoms with E-state index in [1.165, 1.54) is 22.9 Å². The van der Waals surface area contributed by atoms with Gasteiger partial charge >= 0.3 is 0 Å². The Morgan fingerprint density at radius 3 is 2.71 bits per heavy atom. The molecule has 0 aromatic heterocycles. The van der Waals surface area contributed by atoms with Gasteiger partial charge in [0, 0.05) is 16.6 Å². The normalized spacial score (nSPS) is 25.4. The Balaban J connectivity index is 1.85. The van der Waals surface area contributed by atoms with Crippen molar-refractivity contribution < 1.29 is 5.11 Å². The Labute approximate surface area is 112 Å². The van der Waals surface area contributed by atoms with E-state index in [2.05, 4.69) is 52.4 Å². The Morgan fingerprint density at radius 2 is 2.12 bits per heavy atom. The fraction of sp³-hybridized carbons (Fsp3) is 0.571. The lowest BCUT2D eigenvalue weighted by Crippen LogP contribution is -2.46. The summed E-state index contributed by atoms with van der Waals surface area (Å²) in [7, 11) is 0. The van der Waals surface area contributed by atoms with Crippen molar-refractivity contribution in [2.75, 3.05) is 6.61 Å². The molecule has 1 atom stereocenters. The van der Waals surface area contributed by atoms with Crippen LogP contribution in [0.15, 0.2) is 28.7 Å². The monoisotopic (exact) mass is 297 g/mol. The number of halogens is 1. The van der Waals surface area contributed by atoms with Gasteiger partial charge in [-0.2, -0.15) is 0 Å². The van der Waals surface area contributed by atoms with Gasteiger partial charge in [0.1, 0.15) is 0 Å². The minimum Gasteiger partial charge on any atom is -0.395 e. The Morgan fingerprint density at radius 1 is 1.41 bits per heavy atom. The molecule has 0 heterocycles. The first-order valence-electron chi connectivity index (χ1n) is 6.36. The highest BCUT2D eigenvalue weighted by atomic mass is 79.9. The van der Waals surface area contributed by atoms with Gasteiger partial charge in [-0.25, -0.2) is 0 Å². The first-order chi connectivity index (χ1) is 8.24. The van der Waals surface area contributed by atoms with Gasteiger partial charge in [0.05, 0.1) is 6.61 Å². The molecule has 1 aliphatic rings. The molecule has 1 aromatic carbocycles. The number of aliphatic hydroxyl groups is 1. The standard InChI is InChI=1S/C14H20BrNO/c1-2-11(9-17)16-12-7-10(8-12)13-5-3-4-6-14(13)15/h3-6,10-12,16-17H,2,7-9H2,1H3/t10?,11-,12?/m0/s1. The summed E-state index contributed by atoms with van der Waals surface area (Å²) in [4.78, 5) is 0. The molecule has 0 spiro atoms. The van der Waals surface area contributed by atoms with E-state index >= 15 is 0 Å². The number of hydrogen-bond acceptors (Lipinski definition) is 2. The SMILES string of the molecule is CC[C@@H](CO)NC1CC(c2ccccc2Br)C1. The maximum atomic E-state index is 9.15. The molecule has 94 valence electrons. The van der Waals surface area contributed by atoms with Crippen LogP contribution in [0.25, 0.3) is 0 Å². The van der Waals surface area contributed by atoms with Crippen molar-refractivity contribution in [2.24, 2.45) is 0 Å². The molecule has 3 heteroatoms. The van der Waals surface area contributed by atoms with Gasteiger partial charge in [0.25, 0.3) is 0 Å². The lowest BCUT2D eigenvalue weighted by atomic mass is 9.75. The van der Waals surface area contributed by atoms with E-state index in [1.54, 1.807) is 0 Å². The average Bonchev–Trinajstić information content (AvgIpc) is 2.30. The summed E-state index contributed by atoms with van der Waals surface area (Å²) >= 11 is 3.61. The lowest BCUT2D eigenvalue weighted by molar-refractivity contribution is 0.193.